The van der Waals surface area contributed by atoms with Crippen LogP contribution in [0, 0.1) is 0 Å². The number of anilines is 1. The lowest BCUT2D eigenvalue weighted by atomic mass is 10.1. The molecular formula is C24H26N2O2S2. The highest BCUT2D eigenvalue weighted by molar-refractivity contribution is 7.13. The Bertz CT molecular complexity index is 945. The number of thiazole rings is 1. The number of nitrogens with zero attached hydrogens (tertiary/aromatic N) is 2. The number of hydrogen-bond donors (Lipinski definition) is 1. The minimum atomic E-state index is -0.250. The van der Waals surface area contributed by atoms with Crippen LogP contribution in [0.1, 0.15) is 29.5 Å². The summed E-state index contributed by atoms with van der Waals surface area (Å²) in [6.45, 7) is 8.02. The highest BCUT2D eigenvalue weighted by Crippen LogP contribution is 2.24. The number of aromatic nitrogens is 1. The Morgan fingerprint density at radius 3 is 2.60 bits per heavy atom. The van der Waals surface area contributed by atoms with E-state index in [2.05, 4.69) is 53.4 Å². The zero-order valence-electron chi connectivity index (χ0n) is 17.0. The number of hydrogen-bond acceptors (Lipinski definition) is 5. The molecule has 0 unspecified atom stereocenters. The largest absolute Gasteiger partial charge is 0.483 e. The minimum absolute atomic E-state index is 0.250. The fraction of sp³-hybridized carbons (Fsp3) is 0.167. The van der Waals surface area contributed by atoms with Crippen LogP contribution in [-0.2, 0) is 11.3 Å². The molecule has 0 aliphatic heterocycles. The monoisotopic (exact) mass is 438 g/mol. The van der Waals surface area contributed by atoms with Gasteiger partial charge < -0.3 is 10.0 Å². The van der Waals surface area contributed by atoms with Crippen LogP contribution < -0.4 is 4.90 Å². The van der Waals surface area contributed by atoms with Crippen molar-refractivity contribution in [3.05, 3.63) is 94.2 Å². The predicted octanol–water partition coefficient (Wildman–Crippen LogP) is 6.60. The van der Waals surface area contributed by atoms with E-state index in [9.17, 15) is 0 Å². The van der Waals surface area contributed by atoms with Crippen LogP contribution in [0.5, 0.6) is 0 Å². The van der Waals surface area contributed by atoms with Gasteiger partial charge in [-0.3, -0.25) is 4.79 Å². The van der Waals surface area contributed by atoms with Gasteiger partial charge in [-0.2, -0.15) is 0 Å². The Morgan fingerprint density at radius 2 is 1.93 bits per heavy atom. The van der Waals surface area contributed by atoms with Crippen molar-refractivity contribution in [2.24, 2.45) is 0 Å². The zero-order chi connectivity index (χ0) is 21.6. The average Bonchev–Trinajstić information content (AvgIpc) is 3.44. The fourth-order valence-electron chi connectivity index (χ4n) is 2.68. The first-order valence-electron chi connectivity index (χ1n) is 9.57. The first-order chi connectivity index (χ1) is 14.7. The van der Waals surface area contributed by atoms with E-state index in [0.29, 0.717) is 0 Å². The lowest BCUT2D eigenvalue weighted by Gasteiger charge is -2.20. The van der Waals surface area contributed by atoms with E-state index < -0.39 is 0 Å². The molecule has 0 bridgehead atoms. The summed E-state index contributed by atoms with van der Waals surface area (Å²) in [6, 6.07) is 14.5. The number of rotatable bonds is 9. The highest BCUT2D eigenvalue weighted by atomic mass is 32.1. The van der Waals surface area contributed by atoms with Crippen molar-refractivity contribution >= 4 is 45.9 Å². The standard InChI is InChI=1S/C23H24N2S2.CH2O2/c1-3-15-25(17-22-14-9-16-26-22)23-24-21(18-27-23)13-8-7-10-19(2)20-11-5-4-6-12-20;2-1-3/h4-14,16,18H,2-3,15,17H2,1H3;1H,(H,2,3)/b10-7-,13-8+;. The second kappa shape index (κ2) is 13.3. The van der Waals surface area contributed by atoms with Crippen LogP contribution in [0.25, 0.3) is 11.6 Å². The second-order valence-corrected chi connectivity index (χ2v) is 8.14. The Labute approximate surface area is 186 Å². The molecule has 0 atom stereocenters. The predicted molar refractivity (Wildman–Crippen MR) is 130 cm³/mol. The highest BCUT2D eigenvalue weighted by Gasteiger charge is 2.11. The van der Waals surface area contributed by atoms with Crippen molar-refractivity contribution in [2.45, 2.75) is 19.9 Å². The molecule has 2 aromatic heterocycles. The Balaban J connectivity index is 0.00000101. The Hall–Kier alpha value is -2.96. The van der Waals surface area contributed by atoms with Crippen molar-refractivity contribution in [1.29, 1.82) is 0 Å². The van der Waals surface area contributed by atoms with Crippen LogP contribution in [-0.4, -0.2) is 23.1 Å². The van der Waals surface area contributed by atoms with Crippen molar-refractivity contribution < 1.29 is 9.90 Å². The summed E-state index contributed by atoms with van der Waals surface area (Å²) in [4.78, 5) is 16.9. The van der Waals surface area contributed by atoms with E-state index in [-0.39, 0.29) is 6.47 Å². The molecular weight excluding hydrogens is 412 g/mol. The van der Waals surface area contributed by atoms with E-state index >= 15 is 0 Å². The molecule has 0 saturated carbocycles. The van der Waals surface area contributed by atoms with Crippen LogP contribution in [0.15, 0.2) is 78.0 Å². The zero-order valence-corrected chi connectivity index (χ0v) is 18.6. The maximum absolute atomic E-state index is 8.36. The van der Waals surface area contributed by atoms with Gasteiger partial charge in [0.25, 0.3) is 6.47 Å². The molecule has 1 N–H and O–H groups in total. The summed E-state index contributed by atoms with van der Waals surface area (Å²) < 4.78 is 0. The van der Waals surface area contributed by atoms with Gasteiger partial charge in [0, 0.05) is 16.8 Å². The number of carboxylic acid groups (broad SMARTS) is 1. The summed E-state index contributed by atoms with van der Waals surface area (Å²) in [6.07, 6.45) is 9.23. The lowest BCUT2D eigenvalue weighted by Crippen LogP contribution is -2.22. The Morgan fingerprint density at radius 1 is 1.17 bits per heavy atom. The quantitative estimate of drug-likeness (QED) is 0.302. The third-order valence-electron chi connectivity index (χ3n) is 4.02. The van der Waals surface area contributed by atoms with Crippen LogP contribution >= 0.6 is 22.7 Å². The maximum atomic E-state index is 8.36. The fourth-order valence-corrected chi connectivity index (χ4v) is 4.22. The first kappa shape index (κ1) is 23.3. The van der Waals surface area contributed by atoms with E-state index in [0.717, 1.165) is 41.5 Å². The normalized spacial score (nSPS) is 10.7. The molecule has 0 amide bonds. The molecule has 30 heavy (non-hydrogen) atoms. The second-order valence-electron chi connectivity index (χ2n) is 6.27. The van der Waals surface area contributed by atoms with E-state index in [1.165, 1.54) is 4.88 Å². The first-order valence-corrected chi connectivity index (χ1v) is 11.3. The molecule has 0 spiro atoms. The van der Waals surface area contributed by atoms with E-state index in [1.807, 2.05) is 42.5 Å². The molecule has 2 heterocycles. The summed E-state index contributed by atoms with van der Waals surface area (Å²) in [5.41, 5.74) is 3.14. The van der Waals surface area contributed by atoms with Crippen molar-refractivity contribution in [2.75, 3.05) is 11.4 Å². The maximum Gasteiger partial charge on any atom is 0.290 e. The summed E-state index contributed by atoms with van der Waals surface area (Å²) in [7, 11) is 0. The third-order valence-corrected chi connectivity index (χ3v) is 5.80. The van der Waals surface area contributed by atoms with Crippen molar-refractivity contribution in [3.8, 4) is 0 Å². The number of allylic oxidation sites excluding steroid dienone is 4. The SMILES string of the molecule is C=C(/C=C\C=C\c1csc(N(CCC)Cc2cccs2)n1)c1ccccc1.O=CO. The number of carbonyl (C=O) groups is 1. The summed E-state index contributed by atoms with van der Waals surface area (Å²) in [5, 5.41) is 12.2. The molecule has 0 fully saturated rings. The molecule has 6 heteroatoms. The molecule has 0 saturated heterocycles. The molecule has 3 rings (SSSR count). The topological polar surface area (TPSA) is 53.4 Å². The van der Waals surface area contributed by atoms with Gasteiger partial charge >= 0.3 is 0 Å². The van der Waals surface area contributed by atoms with E-state index in [4.69, 9.17) is 14.9 Å². The van der Waals surface area contributed by atoms with Gasteiger partial charge in [-0.05, 0) is 35.1 Å². The average molecular weight is 439 g/mol. The van der Waals surface area contributed by atoms with Gasteiger partial charge in [0.2, 0.25) is 0 Å². The number of thiophene rings is 1. The molecule has 0 radical (unpaired) electrons. The number of benzene rings is 1. The van der Waals surface area contributed by atoms with Gasteiger partial charge in [-0.25, -0.2) is 4.98 Å². The molecule has 3 aromatic rings. The van der Waals surface area contributed by atoms with E-state index in [1.54, 1.807) is 22.7 Å². The molecule has 156 valence electrons. The van der Waals surface area contributed by atoms with Crippen molar-refractivity contribution in [1.82, 2.24) is 4.98 Å². The molecule has 1 aromatic carbocycles. The third kappa shape index (κ3) is 7.81. The van der Waals surface area contributed by atoms with Crippen molar-refractivity contribution in [3.63, 3.8) is 0 Å². The van der Waals surface area contributed by atoms with Gasteiger partial charge in [0.15, 0.2) is 5.13 Å². The van der Waals surface area contributed by atoms with Gasteiger partial charge in [-0.1, -0.05) is 68.1 Å². The summed E-state index contributed by atoms with van der Waals surface area (Å²) >= 11 is 3.51. The molecule has 4 nitrogen and oxygen atoms in total. The Kier molecular flexibility index (Phi) is 10.3. The van der Waals surface area contributed by atoms with Gasteiger partial charge in [0.1, 0.15) is 0 Å². The molecule has 0 aliphatic carbocycles. The van der Waals surface area contributed by atoms with Crippen LogP contribution in [0.3, 0.4) is 0 Å². The summed E-state index contributed by atoms with van der Waals surface area (Å²) in [5.74, 6) is 0. The smallest absolute Gasteiger partial charge is 0.290 e. The van der Waals surface area contributed by atoms with Gasteiger partial charge in [0.05, 0.1) is 12.2 Å². The molecule has 0 aliphatic rings. The van der Waals surface area contributed by atoms with Crippen LogP contribution in [0.4, 0.5) is 5.13 Å². The van der Waals surface area contributed by atoms with Crippen LogP contribution in [0.2, 0.25) is 0 Å². The van der Waals surface area contributed by atoms with Gasteiger partial charge in [-0.15, -0.1) is 22.7 Å². The lowest BCUT2D eigenvalue weighted by molar-refractivity contribution is -0.122. The minimum Gasteiger partial charge on any atom is -0.483 e.